The molecule has 5 rings (SSSR count). The normalized spacial score (nSPS) is 15.3. The molecule has 1 aliphatic heterocycles. The lowest BCUT2D eigenvalue weighted by molar-refractivity contribution is 0.0746. The minimum atomic E-state index is -0.272. The number of phenolic OH excluding ortho intramolecular Hbond substituents is 1. The highest BCUT2D eigenvalue weighted by Crippen LogP contribution is 2.44. The first-order valence-corrected chi connectivity index (χ1v) is 11.4. The molecule has 0 saturated carbocycles. The molecule has 0 fully saturated rings. The number of nitrogens with one attached hydrogen (secondary N) is 1. The zero-order valence-corrected chi connectivity index (χ0v) is 18.8. The van der Waals surface area contributed by atoms with Gasteiger partial charge in [-0.1, -0.05) is 80.6 Å². The predicted molar refractivity (Wildman–Crippen MR) is 129 cm³/mol. The zero-order valence-electron chi connectivity index (χ0n) is 18.8. The van der Waals surface area contributed by atoms with E-state index < -0.39 is 0 Å². The molecule has 4 aromatic rings. The topological polar surface area (TPSA) is 69.2 Å². The molecule has 1 atom stereocenters. The smallest absolute Gasteiger partial charge is 0.273 e. The van der Waals surface area contributed by atoms with Gasteiger partial charge in [-0.15, -0.1) is 0 Å². The third-order valence-electron chi connectivity index (χ3n) is 6.43. The summed E-state index contributed by atoms with van der Waals surface area (Å²) in [6, 6.07) is 25.6. The van der Waals surface area contributed by atoms with Crippen LogP contribution in [0.25, 0.3) is 11.3 Å². The molecule has 3 aromatic carbocycles. The predicted octanol–water partition coefficient (Wildman–Crippen LogP) is 5.69. The molecule has 5 nitrogen and oxygen atoms in total. The van der Waals surface area contributed by atoms with Crippen molar-refractivity contribution in [3.8, 4) is 17.0 Å². The number of H-pyrrole nitrogens is 1. The minimum absolute atomic E-state index is 0.0620. The number of phenols is 1. The van der Waals surface area contributed by atoms with Crippen molar-refractivity contribution in [1.29, 1.82) is 0 Å². The van der Waals surface area contributed by atoms with E-state index in [1.54, 1.807) is 12.1 Å². The molecule has 0 saturated heterocycles. The summed E-state index contributed by atoms with van der Waals surface area (Å²) in [5, 5.41) is 17.9. The molecule has 1 amide bonds. The molecule has 0 unspecified atom stereocenters. The van der Waals surface area contributed by atoms with Crippen LogP contribution in [-0.2, 0) is 6.42 Å². The van der Waals surface area contributed by atoms with Crippen LogP contribution in [0.15, 0.2) is 78.9 Å². The number of benzene rings is 3. The fourth-order valence-corrected chi connectivity index (χ4v) is 4.61. The van der Waals surface area contributed by atoms with Crippen molar-refractivity contribution in [2.24, 2.45) is 0 Å². The molecule has 33 heavy (non-hydrogen) atoms. The van der Waals surface area contributed by atoms with Gasteiger partial charge in [0.2, 0.25) is 0 Å². The van der Waals surface area contributed by atoms with E-state index in [0.29, 0.717) is 29.4 Å². The van der Waals surface area contributed by atoms with E-state index in [1.807, 2.05) is 35.2 Å². The first-order valence-electron chi connectivity index (χ1n) is 11.4. The molecular weight excluding hydrogens is 410 g/mol. The van der Waals surface area contributed by atoms with Gasteiger partial charge < -0.3 is 10.0 Å². The monoisotopic (exact) mass is 437 g/mol. The van der Waals surface area contributed by atoms with E-state index in [-0.39, 0.29) is 17.7 Å². The van der Waals surface area contributed by atoms with Crippen molar-refractivity contribution in [3.05, 3.63) is 107 Å². The number of hydrogen-bond donors (Lipinski definition) is 2. The molecule has 0 bridgehead atoms. The second-order valence-electron chi connectivity index (χ2n) is 8.84. The number of hydrogen-bond acceptors (Lipinski definition) is 3. The molecule has 0 aliphatic carbocycles. The number of carbonyl (C=O) groups is 1. The number of carbonyl (C=O) groups excluding carboxylic acids is 1. The highest BCUT2D eigenvalue weighted by molar-refractivity contribution is 6.00. The van der Waals surface area contributed by atoms with Crippen molar-refractivity contribution in [1.82, 2.24) is 15.1 Å². The molecule has 5 heteroatoms. The maximum atomic E-state index is 13.5. The fraction of sp³-hybridized carbons (Fsp3) is 0.214. The van der Waals surface area contributed by atoms with Gasteiger partial charge in [0, 0.05) is 17.7 Å². The van der Waals surface area contributed by atoms with Gasteiger partial charge in [0.1, 0.15) is 17.1 Å². The Balaban J connectivity index is 1.59. The van der Waals surface area contributed by atoms with E-state index in [2.05, 4.69) is 60.4 Å². The van der Waals surface area contributed by atoms with Gasteiger partial charge in [-0.25, -0.2) is 0 Å². The Bertz CT molecular complexity index is 1280. The van der Waals surface area contributed by atoms with Crippen LogP contribution in [-0.4, -0.2) is 32.7 Å². The Morgan fingerprint density at radius 3 is 2.36 bits per heavy atom. The highest BCUT2D eigenvalue weighted by Gasteiger charge is 2.42. The van der Waals surface area contributed by atoms with E-state index in [4.69, 9.17) is 0 Å². The highest BCUT2D eigenvalue weighted by atomic mass is 16.3. The number of amides is 1. The number of rotatable bonds is 6. The Morgan fingerprint density at radius 1 is 0.970 bits per heavy atom. The minimum Gasteiger partial charge on any atom is -0.507 e. The summed E-state index contributed by atoms with van der Waals surface area (Å²) in [5.41, 5.74) is 6.05. The summed E-state index contributed by atoms with van der Waals surface area (Å²) in [4.78, 5) is 15.4. The lowest BCUT2D eigenvalue weighted by atomic mass is 9.93. The van der Waals surface area contributed by atoms with Gasteiger partial charge in [-0.05, 0) is 41.2 Å². The van der Waals surface area contributed by atoms with Crippen molar-refractivity contribution >= 4 is 5.91 Å². The van der Waals surface area contributed by atoms with Crippen LogP contribution in [0, 0.1) is 0 Å². The summed E-state index contributed by atoms with van der Waals surface area (Å²) in [7, 11) is 0. The van der Waals surface area contributed by atoms with Crippen LogP contribution >= 0.6 is 0 Å². The van der Waals surface area contributed by atoms with Crippen LogP contribution in [0.2, 0.25) is 0 Å². The molecule has 166 valence electrons. The largest absolute Gasteiger partial charge is 0.507 e. The number of aromatic nitrogens is 2. The van der Waals surface area contributed by atoms with Crippen LogP contribution < -0.4 is 0 Å². The number of aromatic amines is 1. The van der Waals surface area contributed by atoms with Gasteiger partial charge in [-0.2, -0.15) is 5.10 Å². The Kier molecular flexibility index (Phi) is 5.47. The molecule has 1 aliphatic rings. The molecule has 2 N–H and O–H groups in total. The van der Waals surface area contributed by atoms with Gasteiger partial charge >= 0.3 is 0 Å². The Morgan fingerprint density at radius 2 is 1.67 bits per heavy atom. The van der Waals surface area contributed by atoms with Crippen LogP contribution in [0.1, 0.15) is 58.5 Å². The van der Waals surface area contributed by atoms with Gasteiger partial charge in [0.25, 0.3) is 5.91 Å². The zero-order chi connectivity index (χ0) is 22.9. The third kappa shape index (κ3) is 3.80. The Hall–Kier alpha value is -3.86. The molecule has 2 heterocycles. The number of para-hydroxylation sites is 1. The van der Waals surface area contributed by atoms with Crippen LogP contribution in [0.4, 0.5) is 0 Å². The first-order chi connectivity index (χ1) is 16.0. The average Bonchev–Trinajstić information content (AvgIpc) is 3.37. The SMILES string of the molecule is CC(C)c1ccc([C@@H]2c3c(-c4ccccc4O)n[nH]c3C(=O)N2CCc2ccccc2)cc1. The average molecular weight is 438 g/mol. The third-order valence-corrected chi connectivity index (χ3v) is 6.43. The summed E-state index contributed by atoms with van der Waals surface area (Å²) in [5.74, 6) is 0.517. The standard InChI is InChI=1S/C28H27N3O2/c1-18(2)20-12-14-21(15-13-20)27-24-25(22-10-6-7-11-23(22)32)29-30-26(24)28(33)31(27)17-16-19-8-4-3-5-9-19/h3-15,18,27,32H,16-17H2,1-2H3,(H,29,30)/t27-/m1/s1. The number of nitrogens with zero attached hydrogens (tertiary/aromatic N) is 2. The summed E-state index contributed by atoms with van der Waals surface area (Å²) >= 11 is 0. The molecule has 0 radical (unpaired) electrons. The quantitative estimate of drug-likeness (QED) is 0.407. The van der Waals surface area contributed by atoms with E-state index in [9.17, 15) is 9.90 Å². The number of aromatic hydroxyl groups is 1. The lowest BCUT2D eigenvalue weighted by Crippen LogP contribution is -2.31. The lowest BCUT2D eigenvalue weighted by Gasteiger charge is -2.27. The summed E-state index contributed by atoms with van der Waals surface area (Å²) < 4.78 is 0. The van der Waals surface area contributed by atoms with Crippen LogP contribution in [0.3, 0.4) is 0 Å². The van der Waals surface area contributed by atoms with E-state index in [0.717, 1.165) is 17.5 Å². The fourth-order valence-electron chi connectivity index (χ4n) is 4.61. The van der Waals surface area contributed by atoms with Gasteiger partial charge in [-0.3, -0.25) is 9.89 Å². The molecule has 1 aromatic heterocycles. The van der Waals surface area contributed by atoms with Gasteiger partial charge in [0.05, 0.1) is 6.04 Å². The van der Waals surface area contributed by atoms with Crippen molar-refractivity contribution < 1.29 is 9.90 Å². The van der Waals surface area contributed by atoms with Crippen molar-refractivity contribution in [3.63, 3.8) is 0 Å². The second kappa shape index (κ2) is 8.58. The van der Waals surface area contributed by atoms with E-state index >= 15 is 0 Å². The summed E-state index contributed by atoms with van der Waals surface area (Å²) in [6.45, 7) is 4.93. The van der Waals surface area contributed by atoms with Crippen molar-refractivity contribution in [2.75, 3.05) is 6.54 Å². The van der Waals surface area contributed by atoms with Crippen LogP contribution in [0.5, 0.6) is 5.75 Å². The molecule has 0 spiro atoms. The van der Waals surface area contributed by atoms with Crippen molar-refractivity contribution in [2.45, 2.75) is 32.2 Å². The second-order valence-corrected chi connectivity index (χ2v) is 8.84. The maximum absolute atomic E-state index is 13.5. The van der Waals surface area contributed by atoms with Gasteiger partial charge in [0.15, 0.2) is 0 Å². The first kappa shape index (κ1) is 21.0. The summed E-state index contributed by atoms with van der Waals surface area (Å²) in [6.07, 6.45) is 0.761. The maximum Gasteiger partial charge on any atom is 0.273 e. The Labute approximate surface area is 193 Å². The number of fused-ring (bicyclic) bond motifs is 1. The molecular formula is C28H27N3O2. The van der Waals surface area contributed by atoms with E-state index in [1.165, 1.54) is 11.1 Å².